The molecule has 0 spiro atoms. The molecule has 31 heavy (non-hydrogen) atoms. The van der Waals surface area contributed by atoms with Gasteiger partial charge in [-0.15, -0.1) is 0 Å². The first-order valence-electron chi connectivity index (χ1n) is 10.2. The monoisotopic (exact) mass is 431 g/mol. The Bertz CT molecular complexity index is 1010. The third-order valence-electron chi connectivity index (χ3n) is 6.24. The SMILES string of the molecule is COC(=O)C1=C(Nc2cc3c(c([N+](=O)[O-])c2C)C(C)(C)CC3(C)C)C(=O)N(CCO)C1. The fourth-order valence-electron chi connectivity index (χ4n) is 5.12. The van der Waals surface area contributed by atoms with Gasteiger partial charge < -0.3 is 20.1 Å². The molecule has 1 aliphatic heterocycles. The minimum atomic E-state index is -0.661. The molecule has 0 saturated carbocycles. The van der Waals surface area contributed by atoms with Crippen molar-refractivity contribution in [1.82, 2.24) is 4.90 Å². The van der Waals surface area contributed by atoms with Crippen LogP contribution in [0.5, 0.6) is 0 Å². The summed E-state index contributed by atoms with van der Waals surface area (Å²) in [4.78, 5) is 38.2. The van der Waals surface area contributed by atoms with E-state index < -0.39 is 11.9 Å². The number of carbonyl (C=O) groups excluding carboxylic acids is 2. The van der Waals surface area contributed by atoms with E-state index in [-0.39, 0.29) is 52.4 Å². The lowest BCUT2D eigenvalue weighted by molar-refractivity contribution is -0.386. The van der Waals surface area contributed by atoms with E-state index in [0.29, 0.717) is 16.8 Å². The molecule has 1 heterocycles. The fourth-order valence-corrected chi connectivity index (χ4v) is 5.12. The highest BCUT2D eigenvalue weighted by molar-refractivity contribution is 6.08. The van der Waals surface area contributed by atoms with E-state index in [1.165, 1.54) is 12.0 Å². The van der Waals surface area contributed by atoms with E-state index >= 15 is 0 Å². The first-order chi connectivity index (χ1) is 14.4. The molecule has 168 valence electrons. The van der Waals surface area contributed by atoms with Gasteiger partial charge in [-0.2, -0.15) is 0 Å². The maximum Gasteiger partial charge on any atom is 0.337 e. The number of rotatable bonds is 6. The Kier molecular flexibility index (Phi) is 5.60. The summed E-state index contributed by atoms with van der Waals surface area (Å²) < 4.78 is 4.82. The van der Waals surface area contributed by atoms with Crippen molar-refractivity contribution in [2.24, 2.45) is 0 Å². The van der Waals surface area contributed by atoms with Gasteiger partial charge in [0.2, 0.25) is 0 Å². The van der Waals surface area contributed by atoms with Gasteiger partial charge in [0, 0.05) is 17.8 Å². The van der Waals surface area contributed by atoms with E-state index in [4.69, 9.17) is 4.74 Å². The lowest BCUT2D eigenvalue weighted by Crippen LogP contribution is -2.31. The van der Waals surface area contributed by atoms with Crippen LogP contribution >= 0.6 is 0 Å². The first-order valence-corrected chi connectivity index (χ1v) is 10.2. The van der Waals surface area contributed by atoms with Gasteiger partial charge in [-0.05, 0) is 35.8 Å². The van der Waals surface area contributed by atoms with Crippen LogP contribution < -0.4 is 5.32 Å². The molecule has 3 rings (SSSR count). The van der Waals surface area contributed by atoms with Crippen LogP contribution in [0.1, 0.15) is 50.8 Å². The van der Waals surface area contributed by atoms with Crippen molar-refractivity contribution in [2.45, 2.75) is 51.9 Å². The number of nitrogens with zero attached hydrogens (tertiary/aromatic N) is 2. The molecule has 0 fully saturated rings. The van der Waals surface area contributed by atoms with Crippen molar-refractivity contribution in [3.63, 3.8) is 0 Å². The molecule has 1 amide bonds. The van der Waals surface area contributed by atoms with E-state index in [1.807, 2.05) is 33.8 Å². The Morgan fingerprint density at radius 1 is 1.32 bits per heavy atom. The molecule has 2 N–H and O–H groups in total. The Balaban J connectivity index is 2.18. The van der Waals surface area contributed by atoms with Gasteiger partial charge in [0.15, 0.2) is 0 Å². The average Bonchev–Trinajstić information content (AvgIpc) is 3.06. The smallest absolute Gasteiger partial charge is 0.337 e. The zero-order valence-corrected chi connectivity index (χ0v) is 18.8. The second kappa shape index (κ2) is 7.64. The van der Waals surface area contributed by atoms with E-state index in [9.17, 15) is 24.8 Å². The summed E-state index contributed by atoms with van der Waals surface area (Å²) in [6.45, 7) is 9.56. The van der Waals surface area contributed by atoms with Gasteiger partial charge in [-0.3, -0.25) is 14.9 Å². The van der Waals surface area contributed by atoms with Crippen LogP contribution in [0.15, 0.2) is 17.3 Å². The summed E-state index contributed by atoms with van der Waals surface area (Å²) in [5.74, 6) is -1.12. The molecule has 1 aliphatic carbocycles. The van der Waals surface area contributed by atoms with Crippen molar-refractivity contribution < 1.29 is 24.4 Å². The highest BCUT2D eigenvalue weighted by Crippen LogP contribution is 2.54. The molecule has 2 aliphatic rings. The van der Waals surface area contributed by atoms with E-state index in [1.54, 1.807) is 6.92 Å². The topological polar surface area (TPSA) is 122 Å². The van der Waals surface area contributed by atoms with Crippen molar-refractivity contribution in [3.05, 3.63) is 44.1 Å². The van der Waals surface area contributed by atoms with Crippen molar-refractivity contribution in [2.75, 3.05) is 32.1 Å². The number of nitro benzene ring substituents is 1. The second-order valence-corrected chi connectivity index (χ2v) is 9.44. The number of fused-ring (bicyclic) bond motifs is 1. The lowest BCUT2D eigenvalue weighted by atomic mass is 9.81. The Morgan fingerprint density at radius 3 is 2.52 bits per heavy atom. The number of β-amino-alcohol motifs (C(OH)–C–C–N with tert-alkyl or cyclic N) is 1. The number of carbonyl (C=O) groups is 2. The standard InChI is InChI=1S/C22H29N3O6/c1-12-15(23-17-13(20(28)31-6)10-24(7-8-26)19(17)27)9-14-16(18(12)25(29)30)22(4,5)11-21(14,2)3/h9,23,26H,7-8,10-11H2,1-6H3. The molecule has 0 aromatic heterocycles. The number of hydrogen-bond acceptors (Lipinski definition) is 7. The summed E-state index contributed by atoms with van der Waals surface area (Å²) >= 11 is 0. The van der Waals surface area contributed by atoms with Crippen LogP contribution in [0.2, 0.25) is 0 Å². The molecular weight excluding hydrogens is 402 g/mol. The van der Waals surface area contributed by atoms with E-state index in [2.05, 4.69) is 5.32 Å². The highest BCUT2D eigenvalue weighted by Gasteiger charge is 2.47. The third-order valence-corrected chi connectivity index (χ3v) is 6.24. The van der Waals surface area contributed by atoms with Gasteiger partial charge >= 0.3 is 5.97 Å². The van der Waals surface area contributed by atoms with Gasteiger partial charge in [0.1, 0.15) is 5.70 Å². The quantitative estimate of drug-likeness (QED) is 0.403. The van der Waals surface area contributed by atoms with Crippen LogP contribution in [-0.2, 0) is 25.2 Å². The normalized spacial score (nSPS) is 18.9. The third kappa shape index (κ3) is 3.67. The molecule has 1 aromatic carbocycles. The minimum Gasteiger partial charge on any atom is -0.466 e. The number of ether oxygens (including phenoxy) is 1. The van der Waals surface area contributed by atoms with Crippen LogP contribution in [0.4, 0.5) is 11.4 Å². The van der Waals surface area contributed by atoms with E-state index in [0.717, 1.165) is 12.0 Å². The minimum absolute atomic E-state index is 0.000986. The van der Waals surface area contributed by atoms with Crippen LogP contribution in [0.25, 0.3) is 0 Å². The fraction of sp³-hybridized carbons (Fsp3) is 0.545. The number of anilines is 1. The summed E-state index contributed by atoms with van der Waals surface area (Å²) in [5, 5.41) is 24.3. The molecule has 0 bridgehead atoms. The maximum absolute atomic E-state index is 12.9. The number of hydrogen-bond donors (Lipinski definition) is 2. The van der Waals surface area contributed by atoms with Crippen molar-refractivity contribution in [3.8, 4) is 0 Å². The number of aliphatic hydroxyl groups excluding tert-OH is 1. The molecule has 9 heteroatoms. The molecular formula is C22H29N3O6. The number of methoxy groups -OCH3 is 1. The predicted molar refractivity (Wildman–Crippen MR) is 115 cm³/mol. The average molecular weight is 431 g/mol. The van der Waals surface area contributed by atoms with Gasteiger partial charge in [-0.1, -0.05) is 27.7 Å². The number of nitro groups is 1. The zero-order chi connectivity index (χ0) is 23.3. The zero-order valence-electron chi connectivity index (χ0n) is 18.8. The molecule has 0 radical (unpaired) electrons. The maximum atomic E-state index is 12.9. The summed E-state index contributed by atoms with van der Waals surface area (Å²) in [7, 11) is 1.22. The van der Waals surface area contributed by atoms with Gasteiger partial charge in [-0.25, -0.2) is 4.79 Å². The Morgan fingerprint density at radius 2 is 1.97 bits per heavy atom. The van der Waals surface area contributed by atoms with Crippen molar-refractivity contribution >= 4 is 23.3 Å². The van der Waals surface area contributed by atoms with Gasteiger partial charge in [0.25, 0.3) is 11.6 Å². The summed E-state index contributed by atoms with van der Waals surface area (Å²) in [6.07, 6.45) is 0.748. The number of esters is 1. The first kappa shape index (κ1) is 22.7. The number of benzene rings is 1. The molecule has 0 saturated heterocycles. The number of amides is 1. The summed E-state index contributed by atoms with van der Waals surface area (Å²) in [5.41, 5.74) is 1.90. The Hall–Kier alpha value is -2.94. The summed E-state index contributed by atoms with van der Waals surface area (Å²) in [6, 6.07) is 1.86. The van der Waals surface area contributed by atoms with Crippen LogP contribution in [0, 0.1) is 17.0 Å². The molecule has 1 aromatic rings. The Labute approximate surface area is 181 Å². The second-order valence-electron chi connectivity index (χ2n) is 9.44. The highest BCUT2D eigenvalue weighted by atomic mass is 16.6. The molecule has 0 atom stereocenters. The van der Waals surface area contributed by atoms with Crippen LogP contribution in [-0.4, -0.2) is 53.6 Å². The van der Waals surface area contributed by atoms with Gasteiger partial charge in [0.05, 0.1) is 36.3 Å². The largest absolute Gasteiger partial charge is 0.466 e. The lowest BCUT2D eigenvalue weighted by Gasteiger charge is -2.22. The van der Waals surface area contributed by atoms with Crippen molar-refractivity contribution in [1.29, 1.82) is 0 Å². The number of nitrogens with one attached hydrogen (secondary N) is 1. The van der Waals surface area contributed by atoms with Crippen LogP contribution in [0.3, 0.4) is 0 Å². The number of aliphatic hydroxyl groups is 1. The molecule has 9 nitrogen and oxygen atoms in total. The molecule has 0 unspecified atom stereocenters. The predicted octanol–water partition coefficient (Wildman–Crippen LogP) is 2.54.